The number of alkyl halides is 2. The Kier molecular flexibility index (Phi) is 2.74. The van der Waals surface area contributed by atoms with E-state index in [0.717, 1.165) is 0 Å². The van der Waals surface area contributed by atoms with Crippen molar-refractivity contribution in [3.63, 3.8) is 0 Å². The maximum atomic E-state index is 12.7. The summed E-state index contributed by atoms with van der Waals surface area (Å²) in [4.78, 5) is 10.8. The normalized spacial score (nSPS) is 23.7. The van der Waals surface area contributed by atoms with Crippen molar-refractivity contribution in [2.24, 2.45) is 0 Å². The summed E-state index contributed by atoms with van der Waals surface area (Å²) in [6.07, 6.45) is -6.93. The van der Waals surface area contributed by atoms with Crippen molar-refractivity contribution in [2.75, 3.05) is 0 Å². The summed E-state index contributed by atoms with van der Waals surface area (Å²) >= 11 is 0. The SMILES string of the molecule is C=C(C)C(=O)OC1C(F)=C(F)OC1(F)F. The molecule has 0 aromatic rings. The molecule has 0 amide bonds. The zero-order valence-electron chi connectivity index (χ0n) is 7.52. The molecule has 0 saturated carbocycles. The minimum Gasteiger partial charge on any atom is -0.441 e. The highest BCUT2D eigenvalue weighted by atomic mass is 19.3. The van der Waals surface area contributed by atoms with Gasteiger partial charge >= 0.3 is 18.1 Å². The molecule has 15 heavy (non-hydrogen) atoms. The molecule has 0 saturated heterocycles. The molecular weight excluding hydrogens is 220 g/mol. The fourth-order valence-electron chi connectivity index (χ4n) is 0.800. The highest BCUT2D eigenvalue weighted by Gasteiger charge is 2.56. The van der Waals surface area contributed by atoms with Gasteiger partial charge in [-0.1, -0.05) is 6.58 Å². The molecule has 7 heteroatoms. The molecule has 0 N–H and O–H groups in total. The lowest BCUT2D eigenvalue weighted by atomic mass is 10.3. The lowest BCUT2D eigenvalue weighted by Crippen LogP contribution is -2.35. The summed E-state index contributed by atoms with van der Waals surface area (Å²) in [5.74, 6) is -3.21. The van der Waals surface area contributed by atoms with Crippen LogP contribution in [0.1, 0.15) is 6.92 Å². The van der Waals surface area contributed by atoms with Gasteiger partial charge in [0.1, 0.15) is 0 Å². The van der Waals surface area contributed by atoms with E-state index >= 15 is 0 Å². The largest absolute Gasteiger partial charge is 0.444 e. The van der Waals surface area contributed by atoms with Crippen LogP contribution in [0.5, 0.6) is 0 Å². The molecule has 1 aliphatic heterocycles. The summed E-state index contributed by atoms with van der Waals surface area (Å²) in [5.41, 5.74) is -0.217. The first-order valence-electron chi connectivity index (χ1n) is 3.74. The van der Waals surface area contributed by atoms with Crippen LogP contribution in [0.3, 0.4) is 0 Å². The lowest BCUT2D eigenvalue weighted by molar-refractivity contribution is -0.255. The van der Waals surface area contributed by atoms with Gasteiger partial charge in [0.25, 0.3) is 6.10 Å². The van der Waals surface area contributed by atoms with Crippen LogP contribution in [0.4, 0.5) is 17.6 Å². The number of carbonyl (C=O) groups excluding carboxylic acids is 1. The molecule has 0 bridgehead atoms. The van der Waals surface area contributed by atoms with Gasteiger partial charge in [-0.2, -0.15) is 13.2 Å². The van der Waals surface area contributed by atoms with Gasteiger partial charge in [-0.3, -0.25) is 0 Å². The molecule has 1 unspecified atom stereocenters. The maximum Gasteiger partial charge on any atom is 0.444 e. The van der Waals surface area contributed by atoms with Crippen molar-refractivity contribution in [3.05, 3.63) is 24.0 Å². The average molecular weight is 226 g/mol. The number of rotatable bonds is 2. The molecular formula is C8H6F4O3. The molecule has 0 spiro atoms. The zero-order chi connectivity index (χ0) is 11.8. The van der Waals surface area contributed by atoms with E-state index in [2.05, 4.69) is 16.1 Å². The number of esters is 1. The Bertz CT molecular complexity index is 348. The van der Waals surface area contributed by atoms with Gasteiger partial charge in [0.2, 0.25) is 5.83 Å². The van der Waals surface area contributed by atoms with Crippen LogP contribution in [0.2, 0.25) is 0 Å². The standard InChI is InChI=1S/C8H6F4O3/c1-3(2)7(13)14-5-4(9)6(10)15-8(5,11)12/h5H,1H2,2H3. The Morgan fingerprint density at radius 1 is 1.53 bits per heavy atom. The van der Waals surface area contributed by atoms with E-state index in [9.17, 15) is 22.4 Å². The predicted molar refractivity (Wildman–Crippen MR) is 40.0 cm³/mol. The summed E-state index contributed by atoms with van der Waals surface area (Å²) in [6.45, 7) is 4.27. The van der Waals surface area contributed by atoms with E-state index in [1.54, 1.807) is 0 Å². The molecule has 0 aromatic heterocycles. The van der Waals surface area contributed by atoms with Crippen LogP contribution in [0, 0.1) is 0 Å². The first-order chi connectivity index (χ1) is 6.75. The van der Waals surface area contributed by atoms with E-state index in [1.807, 2.05) is 0 Å². The number of hydrogen-bond acceptors (Lipinski definition) is 3. The molecule has 0 aromatic carbocycles. The van der Waals surface area contributed by atoms with E-state index in [0.29, 0.717) is 0 Å². The first-order valence-corrected chi connectivity index (χ1v) is 3.74. The summed E-state index contributed by atoms with van der Waals surface area (Å²) in [7, 11) is 0. The fraction of sp³-hybridized carbons (Fsp3) is 0.375. The summed E-state index contributed by atoms with van der Waals surface area (Å²) in [5, 5.41) is 0. The van der Waals surface area contributed by atoms with E-state index in [4.69, 9.17) is 0 Å². The molecule has 0 aliphatic carbocycles. The average Bonchev–Trinajstić information content (AvgIpc) is 2.27. The van der Waals surface area contributed by atoms with Crippen LogP contribution >= 0.6 is 0 Å². The summed E-state index contributed by atoms with van der Waals surface area (Å²) < 4.78 is 57.6. The molecule has 0 radical (unpaired) electrons. The van der Waals surface area contributed by atoms with Gasteiger partial charge in [0, 0.05) is 5.57 Å². The zero-order valence-corrected chi connectivity index (χ0v) is 7.52. The van der Waals surface area contributed by atoms with Gasteiger partial charge in [-0.25, -0.2) is 9.18 Å². The van der Waals surface area contributed by atoms with Crippen LogP contribution < -0.4 is 0 Å². The second-order valence-corrected chi connectivity index (χ2v) is 2.85. The summed E-state index contributed by atoms with van der Waals surface area (Å²) in [6, 6.07) is -2.08. The Balaban J connectivity index is 2.85. The van der Waals surface area contributed by atoms with Crippen molar-refractivity contribution in [2.45, 2.75) is 19.1 Å². The van der Waals surface area contributed by atoms with Crippen LogP contribution in [-0.2, 0) is 14.3 Å². The fourth-order valence-corrected chi connectivity index (χ4v) is 0.800. The number of carbonyl (C=O) groups is 1. The highest BCUT2D eigenvalue weighted by Crippen LogP contribution is 2.40. The van der Waals surface area contributed by atoms with Gasteiger partial charge in [0.05, 0.1) is 0 Å². The van der Waals surface area contributed by atoms with E-state index < -0.39 is 30.0 Å². The Labute approximate surface area is 82.0 Å². The van der Waals surface area contributed by atoms with E-state index in [1.165, 1.54) is 6.92 Å². The molecule has 1 aliphatic rings. The molecule has 1 atom stereocenters. The highest BCUT2D eigenvalue weighted by molar-refractivity contribution is 5.87. The number of halogens is 4. The van der Waals surface area contributed by atoms with Gasteiger partial charge in [-0.05, 0) is 6.92 Å². The Morgan fingerprint density at radius 3 is 2.40 bits per heavy atom. The van der Waals surface area contributed by atoms with Gasteiger partial charge in [0.15, 0.2) is 0 Å². The van der Waals surface area contributed by atoms with Crippen molar-refractivity contribution >= 4 is 5.97 Å². The third-order valence-electron chi connectivity index (χ3n) is 1.52. The molecule has 3 nitrogen and oxygen atoms in total. The molecule has 0 fully saturated rings. The predicted octanol–water partition coefficient (Wildman–Crippen LogP) is 2.21. The number of ether oxygens (including phenoxy) is 2. The van der Waals surface area contributed by atoms with E-state index in [-0.39, 0.29) is 5.57 Å². The topological polar surface area (TPSA) is 35.5 Å². The van der Waals surface area contributed by atoms with Crippen molar-refractivity contribution in [1.29, 1.82) is 0 Å². The van der Waals surface area contributed by atoms with Crippen LogP contribution in [0.15, 0.2) is 24.0 Å². The van der Waals surface area contributed by atoms with Crippen molar-refractivity contribution in [3.8, 4) is 0 Å². The third-order valence-corrected chi connectivity index (χ3v) is 1.52. The van der Waals surface area contributed by atoms with Crippen molar-refractivity contribution < 1.29 is 31.8 Å². The van der Waals surface area contributed by atoms with Gasteiger partial charge < -0.3 is 9.47 Å². The second kappa shape index (κ2) is 3.56. The number of hydrogen-bond donors (Lipinski definition) is 0. The van der Waals surface area contributed by atoms with Crippen LogP contribution in [0.25, 0.3) is 0 Å². The molecule has 84 valence electrons. The van der Waals surface area contributed by atoms with Gasteiger partial charge in [-0.15, -0.1) is 0 Å². The lowest BCUT2D eigenvalue weighted by Gasteiger charge is -2.17. The molecule has 1 rings (SSSR count). The first kappa shape index (κ1) is 11.5. The molecule has 1 heterocycles. The Hall–Kier alpha value is -1.53. The second-order valence-electron chi connectivity index (χ2n) is 2.85. The Morgan fingerprint density at radius 2 is 2.07 bits per heavy atom. The maximum absolute atomic E-state index is 12.7. The monoisotopic (exact) mass is 226 g/mol. The third kappa shape index (κ3) is 2.11. The van der Waals surface area contributed by atoms with Crippen molar-refractivity contribution in [1.82, 2.24) is 0 Å². The minimum absolute atomic E-state index is 0.217. The minimum atomic E-state index is -4.24. The quantitative estimate of drug-likeness (QED) is 0.411. The smallest absolute Gasteiger partial charge is 0.441 e. The van der Waals surface area contributed by atoms with Crippen LogP contribution in [-0.4, -0.2) is 18.2 Å².